The third-order valence-corrected chi connectivity index (χ3v) is 2.20. The molecule has 106 valence electrons. The maximum atomic E-state index is 10.4. The highest BCUT2D eigenvalue weighted by molar-refractivity contribution is 5.93. The van der Waals surface area contributed by atoms with E-state index in [0.717, 1.165) is 19.3 Å². The van der Waals surface area contributed by atoms with E-state index in [1.165, 1.54) is 31.0 Å². The van der Waals surface area contributed by atoms with Crippen molar-refractivity contribution in [3.8, 4) is 0 Å². The normalized spacial score (nSPS) is 9.37. The van der Waals surface area contributed by atoms with Crippen LogP contribution in [0.25, 0.3) is 0 Å². The average Bonchev–Trinajstić information content (AvgIpc) is 2.40. The minimum atomic E-state index is -1.13. The summed E-state index contributed by atoms with van der Waals surface area (Å²) in [5.41, 5.74) is -0.0372. The van der Waals surface area contributed by atoms with Crippen LogP contribution in [-0.2, 0) is 4.74 Å². The first-order valence-electron chi connectivity index (χ1n) is 6.17. The lowest BCUT2D eigenvalue weighted by molar-refractivity contribution is 0.0696. The lowest BCUT2D eigenvalue weighted by atomic mass is 10.1. The fraction of sp³-hybridized carbons (Fsp3) is 0.429. The van der Waals surface area contributed by atoms with Crippen molar-refractivity contribution in [2.45, 2.75) is 26.7 Å². The van der Waals surface area contributed by atoms with Crippen LogP contribution in [0.15, 0.2) is 24.3 Å². The van der Waals surface area contributed by atoms with Gasteiger partial charge in [-0.25, -0.2) is 9.59 Å². The zero-order valence-electron chi connectivity index (χ0n) is 11.3. The van der Waals surface area contributed by atoms with Gasteiger partial charge in [-0.05, 0) is 31.5 Å². The first kappa shape index (κ1) is 17.1. The highest BCUT2D eigenvalue weighted by Gasteiger charge is 2.06. The van der Waals surface area contributed by atoms with Crippen LogP contribution in [-0.4, -0.2) is 35.4 Å². The Morgan fingerprint density at radius 3 is 2.00 bits per heavy atom. The first-order valence-corrected chi connectivity index (χ1v) is 6.17. The molecule has 0 amide bonds. The van der Waals surface area contributed by atoms with Crippen LogP contribution in [0.2, 0.25) is 0 Å². The van der Waals surface area contributed by atoms with Gasteiger partial charge in [0, 0.05) is 13.2 Å². The number of unbranched alkanes of at least 4 members (excludes halogenated alkanes) is 1. The molecule has 0 atom stereocenters. The third-order valence-electron chi connectivity index (χ3n) is 2.20. The Hall–Kier alpha value is -1.88. The number of hydrogen-bond donors (Lipinski definition) is 2. The molecular formula is C14H20O5. The van der Waals surface area contributed by atoms with Gasteiger partial charge in [-0.2, -0.15) is 0 Å². The minimum absolute atomic E-state index is 0.0186. The molecule has 5 heteroatoms. The molecule has 0 aromatic heterocycles. The van der Waals surface area contributed by atoms with Crippen molar-refractivity contribution < 1.29 is 24.5 Å². The molecule has 0 aliphatic heterocycles. The molecule has 19 heavy (non-hydrogen) atoms. The molecule has 0 bridgehead atoms. The second-order valence-electron chi connectivity index (χ2n) is 3.74. The largest absolute Gasteiger partial charge is 0.478 e. The predicted molar refractivity (Wildman–Crippen MR) is 71.8 cm³/mol. The summed E-state index contributed by atoms with van der Waals surface area (Å²) in [7, 11) is 0. The first-order chi connectivity index (χ1) is 9.02. The van der Waals surface area contributed by atoms with Gasteiger partial charge < -0.3 is 14.9 Å². The molecule has 5 nitrogen and oxygen atoms in total. The fourth-order valence-corrected chi connectivity index (χ4v) is 1.18. The van der Waals surface area contributed by atoms with E-state index in [1.54, 1.807) is 0 Å². The van der Waals surface area contributed by atoms with Crippen molar-refractivity contribution in [2.24, 2.45) is 0 Å². The lowest BCUT2D eigenvalue weighted by Crippen LogP contribution is -2.01. The molecule has 1 rings (SSSR count). The topological polar surface area (TPSA) is 83.8 Å². The molecule has 0 spiro atoms. The summed E-state index contributed by atoms with van der Waals surface area (Å²) in [5, 5.41) is 17.0. The maximum Gasteiger partial charge on any atom is 0.335 e. The summed E-state index contributed by atoms with van der Waals surface area (Å²) >= 11 is 0. The second kappa shape index (κ2) is 10.1. The van der Waals surface area contributed by atoms with E-state index >= 15 is 0 Å². The predicted octanol–water partition coefficient (Wildman–Crippen LogP) is 2.91. The molecule has 2 N–H and O–H groups in total. The summed E-state index contributed by atoms with van der Waals surface area (Å²) in [6.07, 6.45) is 2.44. The number of carboxylic acids is 2. The van der Waals surface area contributed by atoms with Crippen LogP contribution in [0.3, 0.4) is 0 Å². The van der Waals surface area contributed by atoms with Crippen molar-refractivity contribution in [3.05, 3.63) is 35.4 Å². The Labute approximate surface area is 112 Å². The van der Waals surface area contributed by atoms with Gasteiger partial charge in [0.2, 0.25) is 0 Å². The van der Waals surface area contributed by atoms with E-state index < -0.39 is 11.9 Å². The monoisotopic (exact) mass is 268 g/mol. The number of carbonyl (C=O) groups is 2. The maximum absolute atomic E-state index is 10.4. The molecule has 0 radical (unpaired) electrons. The molecule has 0 unspecified atom stereocenters. The van der Waals surface area contributed by atoms with Crippen LogP contribution in [0, 0.1) is 0 Å². The second-order valence-corrected chi connectivity index (χ2v) is 3.74. The van der Waals surface area contributed by atoms with Crippen LogP contribution < -0.4 is 0 Å². The van der Waals surface area contributed by atoms with Crippen molar-refractivity contribution >= 4 is 11.9 Å². The van der Waals surface area contributed by atoms with Gasteiger partial charge >= 0.3 is 11.9 Å². The fourth-order valence-electron chi connectivity index (χ4n) is 1.18. The van der Waals surface area contributed by atoms with Crippen LogP contribution in [0.5, 0.6) is 0 Å². The zero-order valence-corrected chi connectivity index (χ0v) is 11.3. The molecule has 0 aliphatic carbocycles. The van der Waals surface area contributed by atoms with Gasteiger partial charge in [-0.1, -0.05) is 19.4 Å². The molecular weight excluding hydrogens is 248 g/mol. The van der Waals surface area contributed by atoms with Gasteiger partial charge in [-0.3, -0.25) is 0 Å². The Morgan fingerprint density at radius 1 is 1.11 bits per heavy atom. The molecule has 1 aromatic rings. The summed E-state index contributed by atoms with van der Waals surface area (Å²) in [6, 6.07) is 5.20. The van der Waals surface area contributed by atoms with E-state index in [-0.39, 0.29) is 11.1 Å². The number of aromatic carboxylic acids is 2. The Morgan fingerprint density at radius 2 is 1.63 bits per heavy atom. The number of benzene rings is 1. The van der Waals surface area contributed by atoms with E-state index in [0.29, 0.717) is 0 Å². The lowest BCUT2D eigenvalue weighted by Gasteiger charge is -1.95. The highest BCUT2D eigenvalue weighted by atomic mass is 16.5. The van der Waals surface area contributed by atoms with E-state index in [9.17, 15) is 9.59 Å². The van der Waals surface area contributed by atoms with E-state index in [2.05, 4.69) is 6.92 Å². The van der Waals surface area contributed by atoms with Gasteiger partial charge in [0.25, 0.3) is 0 Å². The molecule has 0 aliphatic rings. The zero-order chi connectivity index (χ0) is 14.7. The minimum Gasteiger partial charge on any atom is -0.478 e. The number of ether oxygens (including phenoxy) is 1. The molecule has 0 saturated carbocycles. The van der Waals surface area contributed by atoms with Crippen LogP contribution in [0.1, 0.15) is 47.4 Å². The Bertz CT molecular complexity index is 367. The highest BCUT2D eigenvalue weighted by Crippen LogP contribution is 2.04. The van der Waals surface area contributed by atoms with Crippen LogP contribution >= 0.6 is 0 Å². The number of hydrogen-bond acceptors (Lipinski definition) is 3. The summed E-state index contributed by atoms with van der Waals surface area (Å²) in [6.45, 7) is 5.99. The Balaban J connectivity index is 0.000000399. The average molecular weight is 268 g/mol. The van der Waals surface area contributed by atoms with Gasteiger partial charge in [0.05, 0.1) is 11.1 Å². The third kappa shape index (κ3) is 7.94. The standard InChI is InChI=1S/C8H6O4.C6H14O/c9-7(10)5-2-1-3-6(4-5)8(11)12;1-3-5-6-7-4-2/h1-4H,(H,9,10)(H,11,12);3-6H2,1-2H3. The van der Waals surface area contributed by atoms with E-state index in [1.807, 2.05) is 6.92 Å². The molecule has 0 saturated heterocycles. The summed E-state index contributed by atoms with van der Waals surface area (Å²) < 4.78 is 5.07. The van der Waals surface area contributed by atoms with Gasteiger partial charge in [-0.15, -0.1) is 0 Å². The van der Waals surface area contributed by atoms with Crippen molar-refractivity contribution in [3.63, 3.8) is 0 Å². The number of rotatable bonds is 6. The van der Waals surface area contributed by atoms with E-state index in [4.69, 9.17) is 14.9 Å². The summed E-state index contributed by atoms with van der Waals surface area (Å²) in [4.78, 5) is 20.8. The van der Waals surface area contributed by atoms with Gasteiger partial charge in [0.1, 0.15) is 0 Å². The SMILES string of the molecule is CCCCOCC.O=C(O)c1cccc(C(=O)O)c1. The Kier molecular flexibility index (Phi) is 9.08. The quantitative estimate of drug-likeness (QED) is 0.775. The van der Waals surface area contributed by atoms with Crippen molar-refractivity contribution in [2.75, 3.05) is 13.2 Å². The molecule has 1 aromatic carbocycles. The van der Waals surface area contributed by atoms with Crippen molar-refractivity contribution in [1.29, 1.82) is 0 Å². The molecule has 0 fully saturated rings. The summed E-state index contributed by atoms with van der Waals surface area (Å²) in [5.74, 6) is -2.25. The van der Waals surface area contributed by atoms with Crippen LogP contribution in [0.4, 0.5) is 0 Å². The molecule has 0 heterocycles. The smallest absolute Gasteiger partial charge is 0.335 e. The van der Waals surface area contributed by atoms with Crippen molar-refractivity contribution in [1.82, 2.24) is 0 Å². The number of carboxylic acid groups (broad SMARTS) is 2. The van der Waals surface area contributed by atoms with Gasteiger partial charge in [0.15, 0.2) is 0 Å².